The van der Waals surface area contributed by atoms with Crippen LogP contribution < -0.4 is 4.90 Å². The molecular formula is C9H13N3O. The number of morpholine rings is 1. The first-order chi connectivity index (χ1) is 6.36. The Kier molecular flexibility index (Phi) is 2.40. The minimum atomic E-state index is 0.775. The largest absolute Gasteiger partial charge is 0.378 e. The Bertz CT molecular complexity index is 284. The van der Waals surface area contributed by atoms with Crippen molar-refractivity contribution in [3.8, 4) is 0 Å². The monoisotopic (exact) mass is 179 g/mol. The predicted octanol–water partition coefficient (Wildman–Crippen LogP) is 0.622. The number of anilines is 1. The van der Waals surface area contributed by atoms with E-state index in [1.54, 1.807) is 6.20 Å². The number of aryl methyl sites for hydroxylation is 1. The van der Waals surface area contributed by atoms with Gasteiger partial charge in [0, 0.05) is 25.0 Å². The molecule has 0 saturated carbocycles. The second kappa shape index (κ2) is 3.70. The number of hydrogen-bond donors (Lipinski definition) is 0. The standard InChI is InChI=1S/C9H13N3O/c1-8-2-3-10-9(11-8)12-4-6-13-7-5-12/h2-3H,4-7H2,1H3. The van der Waals surface area contributed by atoms with E-state index in [0.717, 1.165) is 37.9 Å². The third-order valence-corrected chi connectivity index (χ3v) is 2.08. The minimum Gasteiger partial charge on any atom is -0.378 e. The van der Waals surface area contributed by atoms with E-state index in [1.165, 1.54) is 0 Å². The highest BCUT2D eigenvalue weighted by Gasteiger charge is 2.12. The molecule has 0 aliphatic carbocycles. The van der Waals surface area contributed by atoms with E-state index in [1.807, 2.05) is 13.0 Å². The molecule has 4 nitrogen and oxygen atoms in total. The second-order valence-corrected chi connectivity index (χ2v) is 3.10. The van der Waals surface area contributed by atoms with E-state index in [4.69, 9.17) is 4.74 Å². The summed E-state index contributed by atoms with van der Waals surface area (Å²) in [6.07, 6.45) is 1.80. The van der Waals surface area contributed by atoms with Crippen molar-refractivity contribution in [2.24, 2.45) is 0 Å². The van der Waals surface area contributed by atoms with E-state index in [9.17, 15) is 0 Å². The molecule has 1 saturated heterocycles. The molecule has 4 heteroatoms. The summed E-state index contributed by atoms with van der Waals surface area (Å²) in [7, 11) is 0. The lowest BCUT2D eigenvalue weighted by Crippen LogP contribution is -2.37. The lowest BCUT2D eigenvalue weighted by Gasteiger charge is -2.26. The van der Waals surface area contributed by atoms with Crippen LogP contribution in [-0.2, 0) is 4.74 Å². The van der Waals surface area contributed by atoms with Crippen molar-refractivity contribution in [2.75, 3.05) is 31.2 Å². The molecule has 0 radical (unpaired) electrons. The Morgan fingerprint density at radius 3 is 2.85 bits per heavy atom. The first-order valence-electron chi connectivity index (χ1n) is 4.48. The van der Waals surface area contributed by atoms with Crippen molar-refractivity contribution in [1.82, 2.24) is 9.97 Å². The molecular weight excluding hydrogens is 166 g/mol. The first kappa shape index (κ1) is 8.44. The summed E-state index contributed by atoms with van der Waals surface area (Å²) < 4.78 is 5.25. The fourth-order valence-corrected chi connectivity index (χ4v) is 1.35. The highest BCUT2D eigenvalue weighted by molar-refractivity contribution is 5.30. The van der Waals surface area contributed by atoms with Crippen LogP contribution in [0, 0.1) is 6.92 Å². The van der Waals surface area contributed by atoms with Crippen LogP contribution in [0.25, 0.3) is 0 Å². The molecule has 0 spiro atoms. The van der Waals surface area contributed by atoms with Crippen LogP contribution in [0.3, 0.4) is 0 Å². The fourth-order valence-electron chi connectivity index (χ4n) is 1.35. The summed E-state index contributed by atoms with van der Waals surface area (Å²) in [5, 5.41) is 0. The van der Waals surface area contributed by atoms with Gasteiger partial charge in [0.2, 0.25) is 5.95 Å². The van der Waals surface area contributed by atoms with Gasteiger partial charge in [0.05, 0.1) is 13.2 Å². The lowest BCUT2D eigenvalue weighted by atomic mass is 10.4. The lowest BCUT2D eigenvalue weighted by molar-refractivity contribution is 0.122. The van der Waals surface area contributed by atoms with Crippen LogP contribution in [0.15, 0.2) is 12.3 Å². The molecule has 1 aliphatic rings. The van der Waals surface area contributed by atoms with E-state index in [2.05, 4.69) is 14.9 Å². The summed E-state index contributed by atoms with van der Waals surface area (Å²) in [5.74, 6) is 0.823. The Labute approximate surface area is 77.6 Å². The number of hydrogen-bond acceptors (Lipinski definition) is 4. The molecule has 0 aromatic carbocycles. The van der Waals surface area contributed by atoms with Gasteiger partial charge in [0.1, 0.15) is 0 Å². The van der Waals surface area contributed by atoms with Crippen LogP contribution >= 0.6 is 0 Å². The minimum absolute atomic E-state index is 0.775. The van der Waals surface area contributed by atoms with Gasteiger partial charge in [-0.25, -0.2) is 9.97 Å². The highest BCUT2D eigenvalue weighted by Crippen LogP contribution is 2.08. The van der Waals surface area contributed by atoms with Crippen molar-refractivity contribution >= 4 is 5.95 Å². The van der Waals surface area contributed by atoms with Crippen LogP contribution in [0.4, 0.5) is 5.95 Å². The maximum Gasteiger partial charge on any atom is 0.225 e. The zero-order valence-electron chi connectivity index (χ0n) is 7.73. The normalized spacial score (nSPS) is 17.5. The molecule has 2 heterocycles. The molecule has 1 aromatic rings. The van der Waals surface area contributed by atoms with E-state index in [0.29, 0.717) is 0 Å². The smallest absolute Gasteiger partial charge is 0.225 e. The zero-order chi connectivity index (χ0) is 9.10. The van der Waals surface area contributed by atoms with Crippen LogP contribution in [0.2, 0.25) is 0 Å². The van der Waals surface area contributed by atoms with E-state index >= 15 is 0 Å². The average Bonchev–Trinajstić information content (AvgIpc) is 2.19. The van der Waals surface area contributed by atoms with Crippen molar-refractivity contribution in [3.63, 3.8) is 0 Å². The fraction of sp³-hybridized carbons (Fsp3) is 0.556. The van der Waals surface area contributed by atoms with Gasteiger partial charge in [-0.15, -0.1) is 0 Å². The maximum atomic E-state index is 5.25. The Morgan fingerprint density at radius 2 is 2.15 bits per heavy atom. The molecule has 0 bridgehead atoms. The number of rotatable bonds is 1. The van der Waals surface area contributed by atoms with Crippen molar-refractivity contribution < 1.29 is 4.74 Å². The van der Waals surface area contributed by atoms with Gasteiger partial charge in [0.15, 0.2) is 0 Å². The topological polar surface area (TPSA) is 38.2 Å². The molecule has 2 rings (SSSR count). The SMILES string of the molecule is Cc1ccnc(N2CCOCC2)n1. The Hall–Kier alpha value is -1.16. The van der Waals surface area contributed by atoms with Gasteiger partial charge >= 0.3 is 0 Å². The van der Waals surface area contributed by atoms with Crippen LogP contribution in [0.1, 0.15) is 5.69 Å². The molecule has 1 fully saturated rings. The zero-order valence-corrected chi connectivity index (χ0v) is 7.73. The Balaban J connectivity index is 2.14. The summed E-state index contributed by atoms with van der Waals surface area (Å²) in [6, 6.07) is 1.91. The average molecular weight is 179 g/mol. The summed E-state index contributed by atoms with van der Waals surface area (Å²) in [6.45, 7) is 5.31. The third kappa shape index (κ3) is 1.95. The number of ether oxygens (including phenoxy) is 1. The van der Waals surface area contributed by atoms with Crippen molar-refractivity contribution in [1.29, 1.82) is 0 Å². The highest BCUT2D eigenvalue weighted by atomic mass is 16.5. The van der Waals surface area contributed by atoms with Gasteiger partial charge in [0.25, 0.3) is 0 Å². The van der Waals surface area contributed by atoms with Gasteiger partial charge < -0.3 is 9.64 Å². The van der Waals surface area contributed by atoms with Crippen molar-refractivity contribution in [3.05, 3.63) is 18.0 Å². The third-order valence-electron chi connectivity index (χ3n) is 2.08. The number of aromatic nitrogens is 2. The quantitative estimate of drug-likeness (QED) is 0.633. The molecule has 0 N–H and O–H groups in total. The second-order valence-electron chi connectivity index (χ2n) is 3.10. The molecule has 0 unspecified atom stereocenters. The summed E-state index contributed by atoms with van der Waals surface area (Å²) in [5.41, 5.74) is 1.01. The van der Waals surface area contributed by atoms with E-state index in [-0.39, 0.29) is 0 Å². The maximum absolute atomic E-state index is 5.25. The number of nitrogens with zero attached hydrogens (tertiary/aromatic N) is 3. The molecule has 70 valence electrons. The van der Waals surface area contributed by atoms with Gasteiger partial charge in [-0.3, -0.25) is 0 Å². The first-order valence-corrected chi connectivity index (χ1v) is 4.48. The van der Waals surface area contributed by atoms with Crippen LogP contribution in [0.5, 0.6) is 0 Å². The molecule has 0 amide bonds. The predicted molar refractivity (Wildman–Crippen MR) is 49.8 cm³/mol. The van der Waals surface area contributed by atoms with Gasteiger partial charge in [-0.05, 0) is 13.0 Å². The summed E-state index contributed by atoms with van der Waals surface area (Å²) >= 11 is 0. The van der Waals surface area contributed by atoms with Gasteiger partial charge in [-0.1, -0.05) is 0 Å². The van der Waals surface area contributed by atoms with E-state index < -0.39 is 0 Å². The van der Waals surface area contributed by atoms with Crippen LogP contribution in [-0.4, -0.2) is 36.3 Å². The summed E-state index contributed by atoms with van der Waals surface area (Å²) in [4.78, 5) is 10.7. The van der Waals surface area contributed by atoms with Gasteiger partial charge in [-0.2, -0.15) is 0 Å². The molecule has 13 heavy (non-hydrogen) atoms. The van der Waals surface area contributed by atoms with Crippen molar-refractivity contribution in [2.45, 2.75) is 6.92 Å². The molecule has 1 aliphatic heterocycles. The Morgan fingerprint density at radius 1 is 1.38 bits per heavy atom. The molecule has 1 aromatic heterocycles. The molecule has 0 atom stereocenters.